The van der Waals surface area contributed by atoms with Crippen LogP contribution >= 0.6 is 11.3 Å². The molecule has 25 heavy (non-hydrogen) atoms. The van der Waals surface area contributed by atoms with Crippen molar-refractivity contribution in [2.24, 2.45) is 0 Å². The van der Waals surface area contributed by atoms with Crippen molar-refractivity contribution in [2.45, 2.75) is 33.1 Å². The summed E-state index contributed by atoms with van der Waals surface area (Å²) in [5.41, 5.74) is 4.25. The first-order valence-electron chi connectivity index (χ1n) is 7.78. The Morgan fingerprint density at radius 2 is 2.00 bits per heavy atom. The molecule has 5 nitrogen and oxygen atoms in total. The second-order valence-electron chi connectivity index (χ2n) is 5.62. The number of thiazole rings is 1. The van der Waals surface area contributed by atoms with Gasteiger partial charge in [-0.05, 0) is 49.9 Å². The van der Waals surface area contributed by atoms with E-state index in [2.05, 4.69) is 19.6 Å². The number of rotatable bonds is 7. The Morgan fingerprint density at radius 3 is 2.60 bits per heavy atom. The molecule has 1 aromatic carbocycles. The summed E-state index contributed by atoms with van der Waals surface area (Å²) in [5, 5.41) is 3.61. The van der Waals surface area contributed by atoms with E-state index in [4.69, 9.17) is 4.74 Å². The number of hydrogen-bond donors (Lipinski definition) is 0. The minimum atomic E-state index is -2.77. The quantitative estimate of drug-likeness (QED) is 0.565. The molecule has 8 heteroatoms. The highest BCUT2D eigenvalue weighted by Crippen LogP contribution is 2.30. The molecule has 0 bridgehead atoms. The third kappa shape index (κ3) is 4.19. The molecule has 0 aliphatic heterocycles. The summed E-state index contributed by atoms with van der Waals surface area (Å²) in [6.45, 7) is 4.41. The molecule has 0 N–H and O–H groups in total. The second-order valence-corrected chi connectivity index (χ2v) is 6.59. The summed E-state index contributed by atoms with van der Waals surface area (Å²) >= 11 is 1.64. The monoisotopic (exact) mass is 365 g/mol. The molecule has 0 unspecified atom stereocenters. The van der Waals surface area contributed by atoms with E-state index in [0.717, 1.165) is 29.7 Å². The normalized spacial score (nSPS) is 11.2. The third-order valence-corrected chi connectivity index (χ3v) is 4.48. The van der Waals surface area contributed by atoms with Gasteiger partial charge in [0.1, 0.15) is 5.75 Å². The average Bonchev–Trinajstić information content (AvgIpc) is 3.25. The van der Waals surface area contributed by atoms with Gasteiger partial charge in [0.25, 0.3) is 5.89 Å². The Morgan fingerprint density at radius 1 is 1.24 bits per heavy atom. The first-order chi connectivity index (χ1) is 12.0. The predicted octanol–water partition coefficient (Wildman–Crippen LogP) is 4.76. The SMILES string of the molecule is Cc1cc(-c2noc(C(F)F)n2)cc(C)c1OCCCc1cncs1. The zero-order chi connectivity index (χ0) is 17.8. The molecule has 0 amide bonds. The zero-order valence-electron chi connectivity index (χ0n) is 13.8. The Kier molecular flexibility index (Phi) is 5.37. The molecule has 3 aromatic rings. The maximum absolute atomic E-state index is 12.6. The summed E-state index contributed by atoms with van der Waals surface area (Å²) in [4.78, 5) is 9.01. The van der Waals surface area contributed by atoms with Crippen LogP contribution < -0.4 is 4.74 Å². The highest BCUT2D eigenvalue weighted by molar-refractivity contribution is 7.09. The van der Waals surface area contributed by atoms with Crippen molar-refractivity contribution in [2.75, 3.05) is 6.61 Å². The fourth-order valence-corrected chi connectivity index (χ4v) is 3.18. The molecule has 0 radical (unpaired) electrons. The van der Waals surface area contributed by atoms with E-state index in [-0.39, 0.29) is 5.82 Å². The predicted molar refractivity (Wildman–Crippen MR) is 90.1 cm³/mol. The molecule has 0 atom stereocenters. The largest absolute Gasteiger partial charge is 0.493 e. The molecular weight excluding hydrogens is 348 g/mol. The van der Waals surface area contributed by atoms with Gasteiger partial charge in [-0.3, -0.25) is 4.98 Å². The average molecular weight is 365 g/mol. The van der Waals surface area contributed by atoms with Gasteiger partial charge in [0.15, 0.2) is 0 Å². The summed E-state index contributed by atoms with van der Waals surface area (Å²) in [6.07, 6.45) is 0.921. The molecule has 0 saturated carbocycles. The van der Waals surface area contributed by atoms with Crippen LogP contribution in [0.1, 0.15) is 34.7 Å². The van der Waals surface area contributed by atoms with Crippen LogP contribution in [0, 0.1) is 13.8 Å². The molecule has 132 valence electrons. The Balaban J connectivity index is 1.67. The smallest absolute Gasteiger partial charge is 0.315 e. The van der Waals surface area contributed by atoms with Gasteiger partial charge >= 0.3 is 6.43 Å². The topological polar surface area (TPSA) is 61.0 Å². The van der Waals surface area contributed by atoms with Gasteiger partial charge < -0.3 is 9.26 Å². The molecule has 0 saturated heterocycles. The van der Waals surface area contributed by atoms with Crippen LogP contribution in [0.15, 0.2) is 28.4 Å². The van der Waals surface area contributed by atoms with Crippen molar-refractivity contribution in [3.63, 3.8) is 0 Å². The summed E-state index contributed by atoms with van der Waals surface area (Å²) < 4.78 is 35.6. The zero-order valence-corrected chi connectivity index (χ0v) is 14.6. The lowest BCUT2D eigenvalue weighted by molar-refractivity contribution is 0.106. The molecule has 0 spiro atoms. The number of alkyl halides is 2. The van der Waals surface area contributed by atoms with E-state index in [1.807, 2.05) is 37.7 Å². The maximum Gasteiger partial charge on any atom is 0.315 e. The van der Waals surface area contributed by atoms with Gasteiger partial charge in [-0.15, -0.1) is 11.3 Å². The van der Waals surface area contributed by atoms with Gasteiger partial charge in [0.2, 0.25) is 5.82 Å². The van der Waals surface area contributed by atoms with Crippen LogP contribution in [0.25, 0.3) is 11.4 Å². The van der Waals surface area contributed by atoms with Crippen LogP contribution in [0.4, 0.5) is 8.78 Å². The second kappa shape index (κ2) is 7.69. The van der Waals surface area contributed by atoms with Crippen molar-refractivity contribution in [3.8, 4) is 17.1 Å². The highest BCUT2D eigenvalue weighted by atomic mass is 32.1. The van der Waals surface area contributed by atoms with E-state index in [1.165, 1.54) is 4.88 Å². The molecule has 2 heterocycles. The van der Waals surface area contributed by atoms with Gasteiger partial charge in [0, 0.05) is 16.6 Å². The summed E-state index contributed by atoms with van der Waals surface area (Å²) in [5.74, 6) is 0.276. The van der Waals surface area contributed by atoms with Crippen molar-refractivity contribution in [1.29, 1.82) is 0 Å². The Hall–Kier alpha value is -2.35. The molecule has 0 fully saturated rings. The molecule has 0 aliphatic rings. The molecule has 0 aliphatic carbocycles. The van der Waals surface area contributed by atoms with E-state index in [1.54, 1.807) is 11.3 Å². The van der Waals surface area contributed by atoms with Gasteiger partial charge in [0.05, 0.1) is 12.1 Å². The lowest BCUT2D eigenvalue weighted by Gasteiger charge is -2.13. The minimum Gasteiger partial charge on any atom is -0.493 e. The molecule has 3 rings (SSSR count). The molecular formula is C17H17F2N3O2S. The van der Waals surface area contributed by atoms with E-state index < -0.39 is 12.3 Å². The summed E-state index contributed by atoms with van der Waals surface area (Å²) in [7, 11) is 0. The van der Waals surface area contributed by atoms with E-state index in [9.17, 15) is 8.78 Å². The number of aryl methyl sites for hydroxylation is 3. The lowest BCUT2D eigenvalue weighted by atomic mass is 10.1. The third-order valence-electron chi connectivity index (χ3n) is 3.64. The lowest BCUT2D eigenvalue weighted by Crippen LogP contribution is -2.02. The first kappa shape index (κ1) is 17.5. The number of nitrogens with zero attached hydrogens (tertiary/aromatic N) is 3. The highest BCUT2D eigenvalue weighted by Gasteiger charge is 2.18. The fraction of sp³-hybridized carbons (Fsp3) is 0.353. The van der Waals surface area contributed by atoms with E-state index in [0.29, 0.717) is 12.2 Å². The van der Waals surface area contributed by atoms with Crippen molar-refractivity contribution < 1.29 is 18.0 Å². The first-order valence-corrected chi connectivity index (χ1v) is 8.66. The van der Waals surface area contributed by atoms with Crippen molar-refractivity contribution in [1.82, 2.24) is 15.1 Å². The van der Waals surface area contributed by atoms with Gasteiger partial charge in [-0.1, -0.05) is 5.16 Å². The summed E-state index contributed by atoms with van der Waals surface area (Å²) in [6, 6.07) is 3.62. The van der Waals surface area contributed by atoms with Crippen molar-refractivity contribution in [3.05, 3.63) is 45.7 Å². The van der Waals surface area contributed by atoms with Gasteiger partial charge in [-0.25, -0.2) is 0 Å². The minimum absolute atomic E-state index is 0.151. The standard InChI is InChI=1S/C17H17F2N3O2S/c1-10-6-12(16-21-17(15(18)19)24-22-16)7-11(2)14(10)23-5-3-4-13-8-20-9-25-13/h6-9,15H,3-5H2,1-2H3. The number of ether oxygens (including phenoxy) is 1. The van der Waals surface area contributed by atoms with Gasteiger partial charge in [-0.2, -0.15) is 13.8 Å². The number of benzene rings is 1. The molecule has 2 aromatic heterocycles. The van der Waals surface area contributed by atoms with Crippen LogP contribution in [0.2, 0.25) is 0 Å². The van der Waals surface area contributed by atoms with Crippen LogP contribution in [-0.4, -0.2) is 21.7 Å². The van der Waals surface area contributed by atoms with E-state index >= 15 is 0 Å². The maximum atomic E-state index is 12.6. The Labute approximate surface area is 147 Å². The van der Waals surface area contributed by atoms with Crippen LogP contribution in [0.5, 0.6) is 5.75 Å². The number of aromatic nitrogens is 3. The van der Waals surface area contributed by atoms with Crippen LogP contribution in [0.3, 0.4) is 0 Å². The number of hydrogen-bond acceptors (Lipinski definition) is 6. The Bertz CT molecular complexity index is 811. The fourth-order valence-electron chi connectivity index (χ4n) is 2.53. The van der Waals surface area contributed by atoms with Crippen LogP contribution in [-0.2, 0) is 6.42 Å². The number of halogens is 2. The van der Waals surface area contributed by atoms with Crippen molar-refractivity contribution >= 4 is 11.3 Å².